The summed E-state index contributed by atoms with van der Waals surface area (Å²) in [5.41, 5.74) is 3.37. The van der Waals surface area contributed by atoms with E-state index in [9.17, 15) is 5.11 Å². The Balaban J connectivity index is 1.77. The Kier molecular flexibility index (Phi) is 4.75. The fourth-order valence-corrected chi connectivity index (χ4v) is 3.41. The number of halogens is 1. The second-order valence-corrected chi connectivity index (χ2v) is 7.17. The quantitative estimate of drug-likeness (QED) is 0.497. The second-order valence-electron chi connectivity index (χ2n) is 5.87. The van der Waals surface area contributed by atoms with Crippen LogP contribution >= 0.6 is 22.9 Å². The molecule has 0 unspecified atom stereocenters. The third-order valence-corrected chi connectivity index (χ3v) is 5.06. The van der Waals surface area contributed by atoms with Crippen molar-refractivity contribution in [3.8, 4) is 17.1 Å². The maximum atomic E-state index is 9.44. The van der Waals surface area contributed by atoms with Gasteiger partial charge in [-0.25, -0.2) is 4.98 Å². The van der Waals surface area contributed by atoms with Gasteiger partial charge in [-0.05, 0) is 55.0 Å². The highest BCUT2D eigenvalue weighted by molar-refractivity contribution is 7.11. The number of hydrogen-bond acceptors (Lipinski definition) is 6. The van der Waals surface area contributed by atoms with E-state index >= 15 is 0 Å². The van der Waals surface area contributed by atoms with Crippen molar-refractivity contribution in [3.05, 3.63) is 81.1 Å². The van der Waals surface area contributed by atoms with Crippen LogP contribution in [0.1, 0.15) is 22.2 Å². The molecule has 5 nitrogen and oxygen atoms in total. The van der Waals surface area contributed by atoms with E-state index in [4.69, 9.17) is 16.1 Å². The summed E-state index contributed by atoms with van der Waals surface area (Å²) < 4.78 is 5.52. The standard InChI is InChI=1S/C20H14ClN3O2S/c1-12-11-27-20(22-12)17(10-13-2-6-15(21)7-3-13)19-23-18(24-26-19)14-4-8-16(25)9-5-14/h2-11,25H,1H3/b17-10+. The van der Waals surface area contributed by atoms with Crippen LogP contribution in [-0.2, 0) is 0 Å². The molecule has 27 heavy (non-hydrogen) atoms. The number of thiazole rings is 1. The molecule has 0 bridgehead atoms. The molecule has 0 aliphatic carbocycles. The number of nitrogens with zero attached hydrogens (tertiary/aromatic N) is 3. The maximum Gasteiger partial charge on any atom is 0.261 e. The molecule has 0 amide bonds. The number of rotatable bonds is 4. The van der Waals surface area contributed by atoms with Crippen LogP contribution in [0.2, 0.25) is 5.02 Å². The minimum atomic E-state index is 0.184. The zero-order chi connectivity index (χ0) is 18.8. The van der Waals surface area contributed by atoms with Crippen molar-refractivity contribution in [2.75, 3.05) is 0 Å². The first kappa shape index (κ1) is 17.5. The summed E-state index contributed by atoms with van der Waals surface area (Å²) in [4.78, 5) is 9.08. The van der Waals surface area contributed by atoms with Gasteiger partial charge in [0.25, 0.3) is 5.89 Å². The predicted octanol–water partition coefficient (Wildman–Crippen LogP) is 5.45. The van der Waals surface area contributed by atoms with Crippen molar-refractivity contribution in [2.24, 2.45) is 0 Å². The Labute approximate surface area is 164 Å². The van der Waals surface area contributed by atoms with Gasteiger partial charge in [0.15, 0.2) is 0 Å². The predicted molar refractivity (Wildman–Crippen MR) is 107 cm³/mol. The van der Waals surface area contributed by atoms with Gasteiger partial charge in [0.2, 0.25) is 5.82 Å². The van der Waals surface area contributed by atoms with E-state index in [0.717, 1.165) is 27.4 Å². The molecule has 134 valence electrons. The molecule has 4 aromatic rings. The Morgan fingerprint density at radius 2 is 1.81 bits per heavy atom. The summed E-state index contributed by atoms with van der Waals surface area (Å²) in [5.74, 6) is 1.01. The summed E-state index contributed by atoms with van der Waals surface area (Å²) in [6.45, 7) is 1.94. The first-order valence-electron chi connectivity index (χ1n) is 8.12. The smallest absolute Gasteiger partial charge is 0.261 e. The summed E-state index contributed by atoms with van der Waals surface area (Å²) in [5, 5.41) is 17.0. The lowest BCUT2D eigenvalue weighted by Crippen LogP contribution is -1.89. The number of aromatic nitrogens is 3. The molecule has 0 atom stereocenters. The number of aryl methyl sites for hydroxylation is 1. The Morgan fingerprint density at radius 1 is 1.07 bits per heavy atom. The largest absolute Gasteiger partial charge is 0.508 e. The number of aromatic hydroxyl groups is 1. The molecule has 0 saturated carbocycles. The normalized spacial score (nSPS) is 11.7. The highest BCUT2D eigenvalue weighted by Crippen LogP contribution is 2.29. The molecule has 0 fully saturated rings. The van der Waals surface area contributed by atoms with E-state index in [1.165, 1.54) is 11.3 Å². The molecule has 0 aliphatic rings. The van der Waals surface area contributed by atoms with Crippen molar-refractivity contribution < 1.29 is 9.63 Å². The Morgan fingerprint density at radius 3 is 2.48 bits per heavy atom. The van der Waals surface area contributed by atoms with Crippen molar-refractivity contribution in [1.82, 2.24) is 15.1 Å². The fraction of sp³-hybridized carbons (Fsp3) is 0.0500. The van der Waals surface area contributed by atoms with Gasteiger partial charge in [-0.3, -0.25) is 0 Å². The van der Waals surface area contributed by atoms with Gasteiger partial charge in [0.1, 0.15) is 10.8 Å². The number of phenols is 1. The van der Waals surface area contributed by atoms with Gasteiger partial charge in [0.05, 0.1) is 5.57 Å². The summed E-state index contributed by atoms with van der Waals surface area (Å²) in [6, 6.07) is 14.1. The highest BCUT2D eigenvalue weighted by Gasteiger charge is 2.17. The highest BCUT2D eigenvalue weighted by atomic mass is 35.5. The van der Waals surface area contributed by atoms with Gasteiger partial charge in [-0.1, -0.05) is 28.9 Å². The minimum Gasteiger partial charge on any atom is -0.508 e. The van der Waals surface area contributed by atoms with Crippen LogP contribution < -0.4 is 0 Å². The average molecular weight is 396 g/mol. The van der Waals surface area contributed by atoms with Crippen molar-refractivity contribution in [1.29, 1.82) is 0 Å². The molecule has 7 heteroatoms. The lowest BCUT2D eigenvalue weighted by molar-refractivity contribution is 0.409. The van der Waals surface area contributed by atoms with Crippen LogP contribution in [0.5, 0.6) is 5.75 Å². The topological polar surface area (TPSA) is 72.0 Å². The van der Waals surface area contributed by atoms with Crippen LogP contribution in [0, 0.1) is 6.92 Å². The molecule has 2 aromatic heterocycles. The minimum absolute atomic E-state index is 0.184. The van der Waals surface area contributed by atoms with Crippen molar-refractivity contribution in [2.45, 2.75) is 6.92 Å². The third kappa shape index (κ3) is 3.92. The fourth-order valence-electron chi connectivity index (χ4n) is 2.48. The molecule has 2 aromatic carbocycles. The van der Waals surface area contributed by atoms with Crippen LogP contribution in [-0.4, -0.2) is 20.2 Å². The van der Waals surface area contributed by atoms with Gasteiger partial charge in [-0.15, -0.1) is 11.3 Å². The van der Waals surface area contributed by atoms with Crippen molar-refractivity contribution in [3.63, 3.8) is 0 Å². The van der Waals surface area contributed by atoms with E-state index in [2.05, 4.69) is 15.1 Å². The average Bonchev–Trinajstić information content (AvgIpc) is 3.31. The first-order chi connectivity index (χ1) is 13.1. The van der Waals surface area contributed by atoms with Gasteiger partial charge in [-0.2, -0.15) is 4.98 Å². The summed E-state index contributed by atoms with van der Waals surface area (Å²) >= 11 is 7.49. The molecule has 1 N–H and O–H groups in total. The van der Waals surface area contributed by atoms with Crippen LogP contribution in [0.25, 0.3) is 23.0 Å². The molecule has 0 aliphatic heterocycles. The van der Waals surface area contributed by atoms with Crippen LogP contribution in [0.15, 0.2) is 58.4 Å². The van der Waals surface area contributed by atoms with E-state index in [-0.39, 0.29) is 5.75 Å². The molecule has 0 radical (unpaired) electrons. The van der Waals surface area contributed by atoms with E-state index in [1.807, 2.05) is 42.6 Å². The zero-order valence-corrected chi connectivity index (χ0v) is 15.8. The lowest BCUT2D eigenvalue weighted by Gasteiger charge is -2.00. The molecule has 0 spiro atoms. The first-order valence-corrected chi connectivity index (χ1v) is 9.37. The Hall–Kier alpha value is -2.96. The maximum absolute atomic E-state index is 9.44. The SMILES string of the molecule is Cc1csc(/C(=C/c2ccc(Cl)cc2)c2nc(-c3ccc(O)cc3)no2)n1. The zero-order valence-electron chi connectivity index (χ0n) is 14.3. The van der Waals surface area contributed by atoms with Gasteiger partial charge >= 0.3 is 0 Å². The Bertz CT molecular complexity index is 1100. The van der Waals surface area contributed by atoms with E-state index in [0.29, 0.717) is 16.7 Å². The number of hydrogen-bond donors (Lipinski definition) is 1. The second kappa shape index (κ2) is 7.34. The van der Waals surface area contributed by atoms with Gasteiger partial charge < -0.3 is 9.63 Å². The summed E-state index contributed by atoms with van der Waals surface area (Å²) in [7, 11) is 0. The summed E-state index contributed by atoms with van der Waals surface area (Å²) in [6.07, 6.45) is 1.95. The number of phenolic OH excluding ortho intramolecular Hbond substituents is 1. The van der Waals surface area contributed by atoms with Gasteiger partial charge in [0, 0.05) is 21.7 Å². The van der Waals surface area contributed by atoms with Crippen LogP contribution in [0.4, 0.5) is 0 Å². The van der Waals surface area contributed by atoms with E-state index in [1.54, 1.807) is 24.3 Å². The molecular weight excluding hydrogens is 382 g/mol. The third-order valence-electron chi connectivity index (χ3n) is 3.81. The van der Waals surface area contributed by atoms with Crippen LogP contribution in [0.3, 0.4) is 0 Å². The van der Waals surface area contributed by atoms with E-state index < -0.39 is 0 Å². The van der Waals surface area contributed by atoms with Crippen molar-refractivity contribution >= 4 is 34.6 Å². The lowest BCUT2D eigenvalue weighted by atomic mass is 10.1. The molecular formula is C20H14ClN3O2S. The molecule has 0 saturated heterocycles. The molecule has 2 heterocycles. The molecule has 4 rings (SSSR count). The number of benzene rings is 2. The monoisotopic (exact) mass is 395 g/mol.